The lowest BCUT2D eigenvalue weighted by atomic mass is 9.95. The van der Waals surface area contributed by atoms with Crippen LogP contribution in [0, 0.1) is 5.82 Å². The monoisotopic (exact) mass is 404 g/mol. The first-order valence-electron chi connectivity index (χ1n) is 9.13. The Bertz CT molecular complexity index is 1160. The predicted octanol–water partition coefficient (Wildman–Crippen LogP) is 3.86. The smallest absolute Gasteiger partial charge is 0.301 e. The van der Waals surface area contributed by atoms with Gasteiger partial charge < -0.3 is 9.84 Å². The Morgan fingerprint density at radius 3 is 2.57 bits per heavy atom. The van der Waals surface area contributed by atoms with E-state index in [0.29, 0.717) is 16.9 Å². The zero-order chi connectivity index (χ0) is 21.3. The number of Topliss-reactive ketones (excluding diaryl/α,β-unsaturated/α-hetero) is 1. The lowest BCUT2D eigenvalue weighted by Crippen LogP contribution is -2.30. The summed E-state index contributed by atoms with van der Waals surface area (Å²) in [4.78, 5) is 31.2. The van der Waals surface area contributed by atoms with Gasteiger partial charge in [0, 0.05) is 11.8 Å². The molecule has 2 heterocycles. The largest absolute Gasteiger partial charge is 0.507 e. The average Bonchev–Trinajstić information content (AvgIpc) is 3.04. The summed E-state index contributed by atoms with van der Waals surface area (Å²) < 4.78 is 19.2. The molecule has 1 aliphatic heterocycles. The number of anilines is 1. The highest BCUT2D eigenvalue weighted by atomic mass is 19.1. The van der Waals surface area contributed by atoms with E-state index in [-0.39, 0.29) is 17.2 Å². The van der Waals surface area contributed by atoms with Crippen molar-refractivity contribution in [1.82, 2.24) is 4.98 Å². The van der Waals surface area contributed by atoms with Crippen LogP contribution in [0.2, 0.25) is 0 Å². The van der Waals surface area contributed by atoms with Crippen LogP contribution in [-0.4, -0.2) is 28.9 Å². The van der Waals surface area contributed by atoms with Crippen molar-refractivity contribution in [3.05, 3.63) is 95.4 Å². The number of hydrogen-bond donors (Lipinski definition) is 1. The third-order valence-corrected chi connectivity index (χ3v) is 4.85. The highest BCUT2D eigenvalue weighted by molar-refractivity contribution is 6.51. The number of methoxy groups -OCH3 is 1. The number of ether oxygens (including phenoxy) is 1. The van der Waals surface area contributed by atoms with Gasteiger partial charge in [-0.1, -0.05) is 30.3 Å². The van der Waals surface area contributed by atoms with Gasteiger partial charge >= 0.3 is 5.91 Å². The molecule has 3 aromatic rings. The number of aliphatic hydroxyl groups is 1. The van der Waals surface area contributed by atoms with E-state index in [0.717, 1.165) is 0 Å². The van der Waals surface area contributed by atoms with Crippen LogP contribution in [-0.2, 0) is 9.59 Å². The second-order valence-corrected chi connectivity index (χ2v) is 6.64. The van der Waals surface area contributed by atoms with Crippen LogP contribution >= 0.6 is 0 Å². The van der Waals surface area contributed by atoms with Crippen molar-refractivity contribution in [3.8, 4) is 5.75 Å². The lowest BCUT2D eigenvalue weighted by Gasteiger charge is -2.24. The summed E-state index contributed by atoms with van der Waals surface area (Å²) in [6, 6.07) is 15.9. The first-order chi connectivity index (χ1) is 14.5. The maximum atomic E-state index is 14.0. The second kappa shape index (κ2) is 7.79. The molecule has 1 aliphatic rings. The molecular weight excluding hydrogens is 387 g/mol. The molecule has 0 saturated carbocycles. The van der Waals surface area contributed by atoms with Gasteiger partial charge in [0.2, 0.25) is 0 Å². The quantitative estimate of drug-likeness (QED) is 0.406. The molecule has 2 aromatic carbocycles. The topological polar surface area (TPSA) is 79.7 Å². The molecule has 4 rings (SSSR count). The summed E-state index contributed by atoms with van der Waals surface area (Å²) in [5, 5.41) is 11.0. The van der Waals surface area contributed by atoms with Gasteiger partial charge in [0.1, 0.15) is 23.1 Å². The van der Waals surface area contributed by atoms with Crippen LogP contribution in [0.4, 0.5) is 10.2 Å². The van der Waals surface area contributed by atoms with E-state index in [1.54, 1.807) is 48.5 Å². The van der Waals surface area contributed by atoms with E-state index >= 15 is 0 Å². The SMILES string of the molecule is COc1cccc(/C(O)=C2\C(=O)C(=O)N(c3ccccn3)[C@H]2c2cccc(F)c2)c1. The van der Waals surface area contributed by atoms with Gasteiger partial charge in [0.15, 0.2) is 0 Å². The maximum absolute atomic E-state index is 14.0. The van der Waals surface area contributed by atoms with Crippen molar-refractivity contribution < 1.29 is 23.8 Å². The van der Waals surface area contributed by atoms with Gasteiger partial charge in [-0.3, -0.25) is 14.5 Å². The van der Waals surface area contributed by atoms with E-state index in [2.05, 4.69) is 4.98 Å². The molecule has 1 N–H and O–H groups in total. The molecule has 1 aromatic heterocycles. The molecule has 0 radical (unpaired) electrons. The minimum atomic E-state index is -1.04. The van der Waals surface area contributed by atoms with Crippen LogP contribution in [0.5, 0.6) is 5.75 Å². The molecule has 1 fully saturated rings. The zero-order valence-electron chi connectivity index (χ0n) is 15.9. The normalized spacial score (nSPS) is 17.9. The minimum absolute atomic E-state index is 0.149. The van der Waals surface area contributed by atoms with E-state index < -0.39 is 23.5 Å². The fraction of sp³-hybridized carbons (Fsp3) is 0.0870. The summed E-state index contributed by atoms with van der Waals surface area (Å²) in [6.07, 6.45) is 1.49. The molecule has 0 bridgehead atoms. The zero-order valence-corrected chi connectivity index (χ0v) is 15.9. The number of carbonyl (C=O) groups excluding carboxylic acids is 2. The van der Waals surface area contributed by atoms with Crippen LogP contribution in [0.15, 0.2) is 78.5 Å². The Kier molecular flexibility index (Phi) is 5.02. The fourth-order valence-electron chi connectivity index (χ4n) is 3.48. The molecule has 30 heavy (non-hydrogen) atoms. The Balaban J connectivity index is 1.95. The van der Waals surface area contributed by atoms with Gasteiger partial charge in [-0.05, 0) is 42.0 Å². The van der Waals surface area contributed by atoms with E-state index in [1.807, 2.05) is 0 Å². The van der Waals surface area contributed by atoms with Crippen molar-refractivity contribution in [2.75, 3.05) is 12.0 Å². The molecule has 1 atom stereocenters. The Morgan fingerprint density at radius 2 is 1.87 bits per heavy atom. The van der Waals surface area contributed by atoms with Gasteiger partial charge in [-0.25, -0.2) is 9.37 Å². The van der Waals surface area contributed by atoms with Gasteiger partial charge in [0.05, 0.1) is 18.7 Å². The van der Waals surface area contributed by atoms with Crippen LogP contribution in [0.25, 0.3) is 5.76 Å². The molecular formula is C23H17FN2O4. The molecule has 0 spiro atoms. The predicted molar refractivity (Wildman–Crippen MR) is 108 cm³/mol. The molecule has 7 heteroatoms. The number of aromatic nitrogens is 1. The van der Waals surface area contributed by atoms with E-state index in [1.165, 1.54) is 36.4 Å². The van der Waals surface area contributed by atoms with Crippen molar-refractivity contribution >= 4 is 23.3 Å². The fourth-order valence-corrected chi connectivity index (χ4v) is 3.48. The van der Waals surface area contributed by atoms with Gasteiger partial charge in [-0.15, -0.1) is 0 Å². The lowest BCUT2D eigenvalue weighted by molar-refractivity contribution is -0.132. The number of rotatable bonds is 4. The summed E-state index contributed by atoms with van der Waals surface area (Å²) in [7, 11) is 1.48. The molecule has 0 unspecified atom stereocenters. The third kappa shape index (κ3) is 3.30. The van der Waals surface area contributed by atoms with Crippen molar-refractivity contribution in [3.63, 3.8) is 0 Å². The second-order valence-electron chi connectivity index (χ2n) is 6.64. The number of amides is 1. The van der Waals surface area contributed by atoms with Crippen LogP contribution in [0.1, 0.15) is 17.2 Å². The molecule has 1 amide bonds. The van der Waals surface area contributed by atoms with E-state index in [9.17, 15) is 19.1 Å². The summed E-state index contributed by atoms with van der Waals surface area (Å²) in [6.45, 7) is 0. The summed E-state index contributed by atoms with van der Waals surface area (Å²) in [5.41, 5.74) is 0.489. The molecule has 1 saturated heterocycles. The number of nitrogens with zero attached hydrogens (tertiary/aromatic N) is 2. The first-order valence-corrected chi connectivity index (χ1v) is 9.13. The van der Waals surface area contributed by atoms with E-state index in [4.69, 9.17) is 4.74 Å². The number of pyridine rings is 1. The van der Waals surface area contributed by atoms with Gasteiger partial charge in [-0.2, -0.15) is 0 Å². The van der Waals surface area contributed by atoms with Crippen molar-refractivity contribution in [2.45, 2.75) is 6.04 Å². The minimum Gasteiger partial charge on any atom is -0.507 e. The van der Waals surface area contributed by atoms with Crippen molar-refractivity contribution in [2.24, 2.45) is 0 Å². The average molecular weight is 404 g/mol. The van der Waals surface area contributed by atoms with Crippen LogP contribution in [0.3, 0.4) is 0 Å². The third-order valence-electron chi connectivity index (χ3n) is 4.85. The number of halogens is 1. The number of aliphatic hydroxyl groups excluding tert-OH is 1. The number of benzene rings is 2. The Labute approximate surface area is 171 Å². The number of ketones is 1. The highest BCUT2D eigenvalue weighted by Crippen LogP contribution is 2.41. The first kappa shape index (κ1) is 19.3. The molecule has 150 valence electrons. The molecule has 6 nitrogen and oxygen atoms in total. The summed E-state index contributed by atoms with van der Waals surface area (Å²) in [5.74, 6) is -1.94. The number of carbonyl (C=O) groups is 2. The van der Waals surface area contributed by atoms with Crippen LogP contribution < -0.4 is 9.64 Å². The molecule has 0 aliphatic carbocycles. The van der Waals surface area contributed by atoms with Crippen molar-refractivity contribution in [1.29, 1.82) is 0 Å². The highest BCUT2D eigenvalue weighted by Gasteiger charge is 2.47. The standard InChI is InChI=1S/C23H17FN2O4/c1-30-17-9-5-7-15(13-17)21(27)19-20(14-6-4-8-16(24)12-14)26(23(29)22(19)28)18-10-2-3-11-25-18/h2-13,20,27H,1H3/b21-19+/t20-/m0/s1. The number of hydrogen-bond acceptors (Lipinski definition) is 5. The van der Waals surface area contributed by atoms with Gasteiger partial charge in [0.25, 0.3) is 5.78 Å². The summed E-state index contributed by atoms with van der Waals surface area (Å²) >= 11 is 0. The Morgan fingerprint density at radius 1 is 1.07 bits per heavy atom. The maximum Gasteiger partial charge on any atom is 0.301 e. The Hall–Kier alpha value is -4.00.